The van der Waals surface area contributed by atoms with Gasteiger partial charge in [-0.15, -0.1) is 0 Å². The van der Waals surface area contributed by atoms with Gasteiger partial charge in [0.2, 0.25) is 0 Å². The molecule has 0 bridgehead atoms. The van der Waals surface area contributed by atoms with Crippen LogP contribution in [0.15, 0.2) is 12.1 Å². The third-order valence-electron chi connectivity index (χ3n) is 7.16. The summed E-state index contributed by atoms with van der Waals surface area (Å²) in [5, 5.41) is 18.5. The highest BCUT2D eigenvalue weighted by molar-refractivity contribution is 5.77. The minimum absolute atomic E-state index is 0.382. The first-order valence-corrected chi connectivity index (χ1v) is 11.6. The average molecular weight is 417 g/mol. The van der Waals surface area contributed by atoms with E-state index in [2.05, 4.69) is 26.0 Å². The Hall–Kier alpha value is -1.84. The highest BCUT2D eigenvalue weighted by Crippen LogP contribution is 2.50. The summed E-state index contributed by atoms with van der Waals surface area (Å²) in [6.07, 6.45) is 11.7. The zero-order valence-corrected chi connectivity index (χ0v) is 19.4. The summed E-state index contributed by atoms with van der Waals surface area (Å²) in [4.78, 5) is 22.5. The fourth-order valence-electron chi connectivity index (χ4n) is 4.43. The van der Waals surface area contributed by atoms with Crippen molar-refractivity contribution in [2.24, 2.45) is 10.8 Å². The Labute approximate surface area is 182 Å². The molecular weight excluding hydrogens is 376 g/mol. The molecule has 1 aromatic carbocycles. The van der Waals surface area contributed by atoms with Gasteiger partial charge >= 0.3 is 11.9 Å². The van der Waals surface area contributed by atoms with E-state index >= 15 is 0 Å². The molecule has 30 heavy (non-hydrogen) atoms. The number of carbonyl (C=O) groups is 2. The van der Waals surface area contributed by atoms with Crippen molar-refractivity contribution in [3.8, 4) is 0 Å². The van der Waals surface area contributed by atoms with Gasteiger partial charge in [0.25, 0.3) is 0 Å². The average Bonchev–Trinajstić information content (AvgIpc) is 3.46. The molecule has 1 aromatic rings. The van der Waals surface area contributed by atoms with Crippen LogP contribution in [0.1, 0.15) is 100 Å². The van der Waals surface area contributed by atoms with Gasteiger partial charge in [-0.2, -0.15) is 0 Å². The third-order valence-corrected chi connectivity index (χ3v) is 7.16. The Bertz CT molecular complexity index is 744. The predicted molar refractivity (Wildman–Crippen MR) is 121 cm³/mol. The number of carboxylic acids is 2. The van der Waals surface area contributed by atoms with Crippen LogP contribution in [0.2, 0.25) is 0 Å². The molecule has 0 unspecified atom stereocenters. The molecular formula is C26H40O4. The van der Waals surface area contributed by atoms with Crippen molar-refractivity contribution < 1.29 is 19.8 Å². The molecule has 0 aliphatic heterocycles. The van der Waals surface area contributed by atoms with Crippen LogP contribution in [0, 0.1) is 24.7 Å². The molecule has 0 radical (unpaired) electrons. The van der Waals surface area contributed by atoms with Crippen molar-refractivity contribution >= 4 is 11.9 Å². The summed E-state index contributed by atoms with van der Waals surface area (Å²) in [5.41, 5.74) is 4.61. The first-order chi connectivity index (χ1) is 14.1. The minimum atomic E-state index is -0.711. The van der Waals surface area contributed by atoms with Gasteiger partial charge < -0.3 is 10.2 Å². The molecule has 168 valence electrons. The maximum Gasteiger partial charge on any atom is 0.309 e. The Morgan fingerprint density at radius 3 is 2.17 bits per heavy atom. The molecule has 2 N–H and O–H groups in total. The van der Waals surface area contributed by atoms with Crippen molar-refractivity contribution in [3.63, 3.8) is 0 Å². The van der Waals surface area contributed by atoms with Crippen LogP contribution in [0.3, 0.4) is 0 Å². The van der Waals surface area contributed by atoms with Crippen LogP contribution < -0.4 is 0 Å². The number of hydrogen-bond acceptors (Lipinski definition) is 2. The molecule has 1 fully saturated rings. The molecule has 0 heterocycles. The number of hydrogen-bond donors (Lipinski definition) is 2. The first kappa shape index (κ1) is 24.4. The Morgan fingerprint density at radius 1 is 0.933 bits per heavy atom. The Kier molecular flexibility index (Phi) is 8.52. The third kappa shape index (κ3) is 6.58. The summed E-state index contributed by atoms with van der Waals surface area (Å²) in [6.45, 7) is 8.02. The maximum absolute atomic E-state index is 11.3. The summed E-state index contributed by atoms with van der Waals surface area (Å²) in [5.74, 6) is -1.31. The lowest BCUT2D eigenvalue weighted by molar-refractivity contribution is -0.147. The second-order valence-electron chi connectivity index (χ2n) is 10.0. The van der Waals surface area contributed by atoms with Crippen LogP contribution in [0.5, 0.6) is 0 Å². The largest absolute Gasteiger partial charge is 0.481 e. The van der Waals surface area contributed by atoms with Crippen molar-refractivity contribution in [1.82, 2.24) is 0 Å². The van der Waals surface area contributed by atoms with E-state index in [1.807, 2.05) is 0 Å². The number of carboxylic acid groups (broad SMARTS) is 2. The number of benzene rings is 1. The van der Waals surface area contributed by atoms with E-state index in [0.717, 1.165) is 77.0 Å². The number of rotatable bonds is 14. The summed E-state index contributed by atoms with van der Waals surface area (Å²) in [6, 6.07) is 4.48. The van der Waals surface area contributed by atoms with Crippen LogP contribution in [-0.2, 0) is 22.4 Å². The van der Waals surface area contributed by atoms with Gasteiger partial charge in [-0.1, -0.05) is 37.8 Å². The zero-order chi connectivity index (χ0) is 22.4. The Balaban J connectivity index is 1.76. The van der Waals surface area contributed by atoms with E-state index in [1.54, 1.807) is 13.8 Å². The SMILES string of the molecule is Cc1ccc(CCCCCC2(C(=O)O)CC2)c(C)c1CCCCCC(C)(C)C(=O)O. The van der Waals surface area contributed by atoms with Crippen molar-refractivity contribution in [3.05, 3.63) is 34.4 Å². The molecule has 1 aliphatic carbocycles. The zero-order valence-electron chi connectivity index (χ0n) is 19.4. The fourth-order valence-corrected chi connectivity index (χ4v) is 4.43. The van der Waals surface area contributed by atoms with Gasteiger partial charge in [-0.3, -0.25) is 9.59 Å². The highest BCUT2D eigenvalue weighted by Gasteiger charge is 2.49. The molecule has 0 amide bonds. The standard InChI is InChI=1S/C26H40O4/c1-19-13-14-21(11-7-5-10-16-26(17-18-26)24(29)30)20(2)22(19)12-8-6-9-15-25(3,4)23(27)28/h13-14H,5-12,15-18H2,1-4H3,(H,27,28)(H,29,30). The van der Waals surface area contributed by atoms with Crippen LogP contribution in [0.4, 0.5) is 0 Å². The van der Waals surface area contributed by atoms with Crippen LogP contribution in [0.25, 0.3) is 0 Å². The normalized spacial score (nSPS) is 15.2. The molecule has 1 aliphatic rings. The van der Waals surface area contributed by atoms with E-state index in [-0.39, 0.29) is 5.41 Å². The van der Waals surface area contributed by atoms with Crippen molar-refractivity contribution in [1.29, 1.82) is 0 Å². The van der Waals surface area contributed by atoms with Gasteiger partial charge in [0.05, 0.1) is 10.8 Å². The predicted octanol–water partition coefficient (Wildman–Crippen LogP) is 6.48. The molecule has 4 nitrogen and oxygen atoms in total. The molecule has 2 rings (SSSR count). The number of unbranched alkanes of at least 4 members (excludes halogenated alkanes) is 4. The number of aliphatic carboxylic acids is 2. The summed E-state index contributed by atoms with van der Waals surface area (Å²) < 4.78 is 0. The van der Waals surface area contributed by atoms with Crippen LogP contribution >= 0.6 is 0 Å². The molecule has 0 aromatic heterocycles. The molecule has 0 saturated heterocycles. The maximum atomic E-state index is 11.3. The first-order valence-electron chi connectivity index (χ1n) is 11.6. The minimum Gasteiger partial charge on any atom is -0.481 e. The van der Waals surface area contributed by atoms with Gasteiger partial charge in [0, 0.05) is 0 Å². The van der Waals surface area contributed by atoms with E-state index < -0.39 is 17.4 Å². The fraction of sp³-hybridized carbons (Fsp3) is 0.692. The lowest BCUT2D eigenvalue weighted by Crippen LogP contribution is -2.23. The second-order valence-corrected chi connectivity index (χ2v) is 10.0. The van der Waals surface area contributed by atoms with E-state index in [9.17, 15) is 19.8 Å². The quantitative estimate of drug-likeness (QED) is 0.340. The van der Waals surface area contributed by atoms with Crippen LogP contribution in [-0.4, -0.2) is 22.2 Å². The molecule has 0 spiro atoms. The van der Waals surface area contributed by atoms with Gasteiger partial charge in [-0.05, 0) is 101 Å². The van der Waals surface area contributed by atoms with E-state index in [4.69, 9.17) is 0 Å². The highest BCUT2D eigenvalue weighted by atomic mass is 16.4. The monoisotopic (exact) mass is 416 g/mol. The number of aryl methyl sites for hydroxylation is 2. The van der Waals surface area contributed by atoms with Crippen molar-refractivity contribution in [2.75, 3.05) is 0 Å². The molecule has 0 atom stereocenters. The van der Waals surface area contributed by atoms with E-state index in [0.29, 0.717) is 0 Å². The lowest BCUT2D eigenvalue weighted by atomic mass is 9.86. The topological polar surface area (TPSA) is 74.6 Å². The molecule has 4 heteroatoms. The van der Waals surface area contributed by atoms with Crippen molar-refractivity contribution in [2.45, 2.75) is 105 Å². The van der Waals surface area contributed by atoms with E-state index in [1.165, 1.54) is 22.3 Å². The van der Waals surface area contributed by atoms with Gasteiger partial charge in [0.1, 0.15) is 0 Å². The van der Waals surface area contributed by atoms with Gasteiger partial charge in [-0.25, -0.2) is 0 Å². The smallest absolute Gasteiger partial charge is 0.309 e. The second kappa shape index (κ2) is 10.5. The molecule has 1 saturated carbocycles. The lowest BCUT2D eigenvalue weighted by Gasteiger charge is -2.19. The Morgan fingerprint density at radius 2 is 1.57 bits per heavy atom. The summed E-state index contributed by atoms with van der Waals surface area (Å²) >= 11 is 0. The van der Waals surface area contributed by atoms with Gasteiger partial charge in [0.15, 0.2) is 0 Å². The summed E-state index contributed by atoms with van der Waals surface area (Å²) in [7, 11) is 0.